The van der Waals surface area contributed by atoms with Gasteiger partial charge < -0.3 is 9.47 Å². The Balaban J connectivity index is 1.56. The van der Waals surface area contributed by atoms with E-state index in [1.165, 1.54) is 57.8 Å². The van der Waals surface area contributed by atoms with Crippen molar-refractivity contribution in [3.05, 3.63) is 0 Å². The zero-order valence-corrected chi connectivity index (χ0v) is 17.3. The first kappa shape index (κ1) is 21.7. The van der Waals surface area contributed by atoms with Crippen LogP contribution in [0.3, 0.4) is 0 Å². The van der Waals surface area contributed by atoms with Crippen LogP contribution in [0, 0.1) is 11.8 Å². The second kappa shape index (κ2) is 12.8. The maximum absolute atomic E-state index is 12.5. The topological polar surface area (TPSA) is 35.5 Å². The third-order valence-corrected chi connectivity index (χ3v) is 6.40. The largest absolute Gasteiger partial charge is 0.462 e. The molecule has 2 aliphatic rings. The Bertz CT molecular complexity index is 366. The van der Waals surface area contributed by atoms with Gasteiger partial charge in [-0.05, 0) is 63.7 Å². The van der Waals surface area contributed by atoms with E-state index in [0.717, 1.165) is 51.0 Å². The number of ether oxygens (including phenoxy) is 2. The molecule has 0 aromatic heterocycles. The molecule has 2 fully saturated rings. The first-order chi connectivity index (χ1) is 12.7. The molecule has 3 heteroatoms. The van der Waals surface area contributed by atoms with Crippen molar-refractivity contribution >= 4 is 5.97 Å². The van der Waals surface area contributed by atoms with Crippen LogP contribution in [-0.4, -0.2) is 24.8 Å². The number of esters is 1. The highest BCUT2D eigenvalue weighted by Crippen LogP contribution is 2.32. The van der Waals surface area contributed by atoms with E-state index in [1.54, 1.807) is 0 Å². The number of rotatable bonds is 11. The fraction of sp³-hybridized carbons (Fsp3) is 0.957. The Morgan fingerprint density at radius 1 is 0.769 bits per heavy atom. The Morgan fingerprint density at radius 3 is 2.04 bits per heavy atom. The van der Waals surface area contributed by atoms with Crippen LogP contribution in [0.5, 0.6) is 0 Å². The highest BCUT2D eigenvalue weighted by molar-refractivity contribution is 5.72. The molecule has 0 unspecified atom stereocenters. The van der Waals surface area contributed by atoms with E-state index >= 15 is 0 Å². The standard InChI is InChI=1S/C23H42O3/c1-3-5-7-9-19-10-14-22(15-11-19)26-23(24)20-12-16-21(17-13-20)25-18-8-6-4-2/h19-22H,3-18H2,1-2H3. The molecule has 0 aliphatic heterocycles. The minimum Gasteiger partial charge on any atom is -0.462 e. The third kappa shape index (κ3) is 7.98. The van der Waals surface area contributed by atoms with Crippen LogP contribution < -0.4 is 0 Å². The molecule has 2 saturated carbocycles. The van der Waals surface area contributed by atoms with Gasteiger partial charge in [0.25, 0.3) is 0 Å². The Labute approximate surface area is 161 Å². The van der Waals surface area contributed by atoms with Crippen molar-refractivity contribution in [3.8, 4) is 0 Å². The summed E-state index contributed by atoms with van der Waals surface area (Å²) in [4.78, 5) is 12.5. The van der Waals surface area contributed by atoms with E-state index < -0.39 is 0 Å². The highest BCUT2D eigenvalue weighted by atomic mass is 16.5. The molecule has 0 bridgehead atoms. The van der Waals surface area contributed by atoms with Gasteiger partial charge in [-0.2, -0.15) is 0 Å². The third-order valence-electron chi connectivity index (χ3n) is 6.40. The summed E-state index contributed by atoms with van der Waals surface area (Å²) in [6.45, 7) is 5.37. The van der Waals surface area contributed by atoms with Gasteiger partial charge in [-0.15, -0.1) is 0 Å². The summed E-state index contributed by atoms with van der Waals surface area (Å²) in [6.07, 6.45) is 18.2. The van der Waals surface area contributed by atoms with Crippen molar-refractivity contribution in [3.63, 3.8) is 0 Å². The van der Waals surface area contributed by atoms with E-state index in [1.807, 2.05) is 0 Å². The fourth-order valence-corrected chi connectivity index (χ4v) is 4.55. The van der Waals surface area contributed by atoms with E-state index in [2.05, 4.69) is 13.8 Å². The predicted octanol–water partition coefficient (Wildman–Crippen LogP) is 6.43. The SMILES string of the molecule is CCCCCOC1CCC(C(=O)OC2CCC(CCCCC)CC2)CC1. The van der Waals surface area contributed by atoms with Gasteiger partial charge >= 0.3 is 5.97 Å². The molecule has 0 atom stereocenters. The van der Waals surface area contributed by atoms with Gasteiger partial charge in [0, 0.05) is 6.61 Å². The molecule has 26 heavy (non-hydrogen) atoms. The minimum absolute atomic E-state index is 0.0730. The summed E-state index contributed by atoms with van der Waals surface area (Å²) in [5.74, 6) is 1.06. The minimum atomic E-state index is 0.0730. The normalized spacial score (nSPS) is 29.5. The lowest BCUT2D eigenvalue weighted by molar-refractivity contribution is -0.158. The van der Waals surface area contributed by atoms with Crippen molar-refractivity contribution in [2.24, 2.45) is 11.8 Å². The quantitative estimate of drug-likeness (QED) is 0.312. The maximum atomic E-state index is 12.5. The Kier molecular flexibility index (Phi) is 10.7. The van der Waals surface area contributed by atoms with E-state index in [9.17, 15) is 4.79 Å². The fourth-order valence-electron chi connectivity index (χ4n) is 4.55. The number of unbranched alkanes of at least 4 members (excludes halogenated alkanes) is 4. The number of carbonyl (C=O) groups is 1. The van der Waals surface area contributed by atoms with E-state index in [0.29, 0.717) is 6.10 Å². The zero-order chi connectivity index (χ0) is 18.6. The van der Waals surface area contributed by atoms with Gasteiger partial charge in [0.05, 0.1) is 12.0 Å². The van der Waals surface area contributed by atoms with Crippen molar-refractivity contribution < 1.29 is 14.3 Å². The van der Waals surface area contributed by atoms with Gasteiger partial charge in [-0.25, -0.2) is 0 Å². The molecule has 2 rings (SSSR count). The average Bonchev–Trinajstić information content (AvgIpc) is 2.67. The number of hydrogen-bond acceptors (Lipinski definition) is 3. The van der Waals surface area contributed by atoms with Gasteiger partial charge in [-0.3, -0.25) is 4.79 Å². The van der Waals surface area contributed by atoms with Crippen LogP contribution in [0.15, 0.2) is 0 Å². The molecule has 0 saturated heterocycles. The molecule has 152 valence electrons. The van der Waals surface area contributed by atoms with E-state index in [4.69, 9.17) is 9.47 Å². The summed E-state index contributed by atoms with van der Waals surface area (Å²) >= 11 is 0. The monoisotopic (exact) mass is 366 g/mol. The summed E-state index contributed by atoms with van der Waals surface area (Å²) < 4.78 is 11.8. The van der Waals surface area contributed by atoms with Gasteiger partial charge in [0.15, 0.2) is 0 Å². The van der Waals surface area contributed by atoms with Crippen LogP contribution in [-0.2, 0) is 14.3 Å². The Morgan fingerprint density at radius 2 is 1.38 bits per heavy atom. The van der Waals surface area contributed by atoms with Gasteiger partial charge in [0.1, 0.15) is 6.10 Å². The van der Waals surface area contributed by atoms with Crippen LogP contribution in [0.1, 0.15) is 110 Å². The molecule has 0 heterocycles. The smallest absolute Gasteiger partial charge is 0.309 e. The van der Waals surface area contributed by atoms with Crippen LogP contribution in [0.2, 0.25) is 0 Å². The summed E-state index contributed by atoms with van der Waals surface area (Å²) in [7, 11) is 0. The molecule has 2 aliphatic carbocycles. The van der Waals surface area contributed by atoms with Crippen LogP contribution in [0.4, 0.5) is 0 Å². The Hall–Kier alpha value is -0.570. The molecular formula is C23H42O3. The lowest BCUT2D eigenvalue weighted by atomic mass is 9.83. The highest BCUT2D eigenvalue weighted by Gasteiger charge is 2.30. The molecule has 3 nitrogen and oxygen atoms in total. The van der Waals surface area contributed by atoms with Gasteiger partial charge in [0.2, 0.25) is 0 Å². The molecule has 0 amide bonds. The lowest BCUT2D eigenvalue weighted by Gasteiger charge is -2.31. The zero-order valence-electron chi connectivity index (χ0n) is 17.3. The lowest BCUT2D eigenvalue weighted by Crippen LogP contribution is -2.31. The molecular weight excluding hydrogens is 324 g/mol. The second-order valence-corrected chi connectivity index (χ2v) is 8.63. The van der Waals surface area contributed by atoms with E-state index in [-0.39, 0.29) is 18.0 Å². The van der Waals surface area contributed by atoms with Crippen molar-refractivity contribution in [2.75, 3.05) is 6.61 Å². The average molecular weight is 367 g/mol. The van der Waals surface area contributed by atoms with Crippen LogP contribution in [0.25, 0.3) is 0 Å². The summed E-state index contributed by atoms with van der Waals surface area (Å²) in [5, 5.41) is 0. The first-order valence-electron chi connectivity index (χ1n) is 11.5. The molecule has 0 spiro atoms. The van der Waals surface area contributed by atoms with Crippen molar-refractivity contribution in [1.29, 1.82) is 0 Å². The van der Waals surface area contributed by atoms with Crippen LogP contribution >= 0.6 is 0 Å². The predicted molar refractivity (Wildman–Crippen MR) is 107 cm³/mol. The molecule has 0 aromatic carbocycles. The van der Waals surface area contributed by atoms with Crippen molar-refractivity contribution in [2.45, 2.75) is 122 Å². The summed E-state index contributed by atoms with van der Waals surface area (Å²) in [5.41, 5.74) is 0. The number of hydrogen-bond donors (Lipinski definition) is 0. The molecule has 0 N–H and O–H groups in total. The number of carbonyl (C=O) groups excluding carboxylic acids is 1. The second-order valence-electron chi connectivity index (χ2n) is 8.63. The molecule has 0 aromatic rings. The maximum Gasteiger partial charge on any atom is 0.309 e. The molecule has 0 radical (unpaired) electrons. The van der Waals surface area contributed by atoms with Gasteiger partial charge in [-0.1, -0.05) is 52.4 Å². The summed E-state index contributed by atoms with van der Waals surface area (Å²) in [6, 6.07) is 0. The van der Waals surface area contributed by atoms with Crippen molar-refractivity contribution in [1.82, 2.24) is 0 Å². The first-order valence-corrected chi connectivity index (χ1v) is 11.5.